The van der Waals surface area contributed by atoms with E-state index in [2.05, 4.69) is 125 Å². The van der Waals surface area contributed by atoms with Crippen molar-refractivity contribution in [2.45, 2.75) is 27.7 Å². The molecule has 4 radical (unpaired) electrons. The number of aryl methyl sites for hydroxylation is 4. The molecule has 4 heteroatoms. The molecule has 2 unspecified atom stereocenters. The first kappa shape index (κ1) is 24.0. The minimum absolute atomic E-state index is 0.750. The third-order valence-electron chi connectivity index (χ3n) is 6.21. The van der Waals surface area contributed by atoms with Gasteiger partial charge in [0.2, 0.25) is 0 Å². The average Bonchev–Trinajstić information content (AvgIpc) is 2.79. The fourth-order valence-electron chi connectivity index (χ4n) is 4.73. The largest absolute Gasteiger partial charge is 0.381 e. The summed E-state index contributed by atoms with van der Waals surface area (Å²) in [6.07, 6.45) is 0. The van der Waals surface area contributed by atoms with Crippen LogP contribution in [-0.2, 0) is 0 Å². The highest BCUT2D eigenvalue weighted by molar-refractivity contribution is 8.21. The van der Waals surface area contributed by atoms with Crippen LogP contribution < -0.4 is 21.2 Å². The zero-order valence-corrected chi connectivity index (χ0v) is 21.8. The lowest BCUT2D eigenvalue weighted by molar-refractivity contribution is 1.40. The topological polar surface area (TPSA) is 0 Å². The highest BCUT2D eigenvalue weighted by Crippen LogP contribution is 2.67. The van der Waals surface area contributed by atoms with Crippen LogP contribution in [0.2, 0.25) is 0 Å². The SMILES string of the molecule is [B][P+](C[P+]([B])(c1ccccc1)c1cc(C)cc(C)c1)(c1ccccc1)c1cc(C)cc(C)c1. The van der Waals surface area contributed by atoms with Crippen molar-refractivity contribution < 1.29 is 0 Å². The molecule has 0 saturated carbocycles. The van der Waals surface area contributed by atoms with Crippen molar-refractivity contribution >= 4 is 50.6 Å². The molecular weight excluding hydrogens is 432 g/mol. The Labute approximate surface area is 203 Å². The molecular formula is C29H30B2P2+2. The van der Waals surface area contributed by atoms with Crippen LogP contribution >= 0.6 is 14.3 Å². The van der Waals surface area contributed by atoms with E-state index in [0.717, 1.165) is 5.90 Å². The molecule has 4 aromatic rings. The number of hydrogen-bond acceptors (Lipinski definition) is 0. The van der Waals surface area contributed by atoms with Gasteiger partial charge >= 0.3 is 15.1 Å². The summed E-state index contributed by atoms with van der Waals surface area (Å²) >= 11 is 0. The lowest BCUT2D eigenvalue weighted by Gasteiger charge is -2.32. The standard InChI is InChI=1S/C29H30B2P2/c1-22-15-23(2)18-28(17-22)32(30,26-11-7-5-8-12-26)21-33(31,27-13-9-6-10-14-27)29-19-24(3)16-25(4)20-29/h5-20H,21H2,1-4H3/q+2. The smallest absolute Gasteiger partial charge is 0.0620 e. The minimum Gasteiger partial charge on any atom is -0.0620 e. The van der Waals surface area contributed by atoms with Crippen molar-refractivity contribution in [3.63, 3.8) is 0 Å². The Morgan fingerprint density at radius 1 is 0.455 bits per heavy atom. The lowest BCUT2D eigenvalue weighted by Crippen LogP contribution is -2.33. The molecule has 0 nitrogen and oxygen atoms in total. The summed E-state index contributed by atoms with van der Waals surface area (Å²) in [4.78, 5) is 0. The van der Waals surface area contributed by atoms with Crippen molar-refractivity contribution in [1.29, 1.82) is 0 Å². The molecule has 0 N–H and O–H groups in total. The molecule has 4 aromatic carbocycles. The maximum absolute atomic E-state index is 7.57. The Bertz CT molecular complexity index is 1120. The Morgan fingerprint density at radius 3 is 1.06 bits per heavy atom. The maximum atomic E-state index is 7.57. The summed E-state index contributed by atoms with van der Waals surface area (Å²) in [5.74, 6) is 0.750. The van der Waals surface area contributed by atoms with Crippen molar-refractivity contribution in [1.82, 2.24) is 0 Å². The van der Waals surface area contributed by atoms with Crippen molar-refractivity contribution in [3.8, 4) is 0 Å². The molecule has 0 aliphatic rings. The quantitative estimate of drug-likeness (QED) is 0.256. The fraction of sp³-hybridized carbons (Fsp3) is 0.172. The van der Waals surface area contributed by atoms with Crippen LogP contribution in [0.3, 0.4) is 0 Å². The van der Waals surface area contributed by atoms with E-state index in [1.165, 1.54) is 43.5 Å². The Balaban J connectivity index is 1.97. The lowest BCUT2D eigenvalue weighted by atomic mass is 10.2. The molecule has 0 aliphatic carbocycles. The van der Waals surface area contributed by atoms with Crippen LogP contribution in [0.5, 0.6) is 0 Å². The third-order valence-corrected chi connectivity index (χ3v) is 14.6. The summed E-state index contributed by atoms with van der Waals surface area (Å²) in [6.45, 7) is 8.60. The van der Waals surface area contributed by atoms with Gasteiger partial charge in [-0.05, 0) is 98.5 Å². The monoisotopic (exact) mass is 462 g/mol. The van der Waals surface area contributed by atoms with E-state index in [0.29, 0.717) is 0 Å². The summed E-state index contributed by atoms with van der Waals surface area (Å²) in [7, 11) is 10.6. The van der Waals surface area contributed by atoms with E-state index >= 15 is 0 Å². The highest BCUT2D eigenvalue weighted by atomic mass is 31.2. The van der Waals surface area contributed by atoms with Crippen LogP contribution in [0.15, 0.2) is 97.1 Å². The van der Waals surface area contributed by atoms with Crippen LogP contribution in [0.4, 0.5) is 0 Å². The summed E-state index contributed by atoms with van der Waals surface area (Å²) < 4.78 is 0. The van der Waals surface area contributed by atoms with E-state index in [1.807, 2.05) is 0 Å². The molecule has 0 heterocycles. The van der Waals surface area contributed by atoms with Crippen LogP contribution in [0.1, 0.15) is 22.3 Å². The first-order valence-electron chi connectivity index (χ1n) is 11.3. The van der Waals surface area contributed by atoms with E-state index in [-0.39, 0.29) is 0 Å². The van der Waals surface area contributed by atoms with Gasteiger partial charge in [-0.15, -0.1) is 0 Å². The normalized spacial score (nSPS) is 14.9. The van der Waals surface area contributed by atoms with Gasteiger partial charge in [0.05, 0.1) is 35.5 Å². The summed E-state index contributed by atoms with van der Waals surface area (Å²) in [5, 5.41) is 4.85. The molecule has 0 aromatic heterocycles. The molecule has 160 valence electrons. The number of benzene rings is 4. The predicted molar refractivity (Wildman–Crippen MR) is 153 cm³/mol. The second-order valence-corrected chi connectivity index (χ2v) is 15.9. The number of rotatable bonds is 6. The minimum atomic E-state index is -2.29. The van der Waals surface area contributed by atoms with Crippen LogP contribution in [0, 0.1) is 27.7 Å². The first-order valence-corrected chi connectivity index (χ1v) is 15.4. The van der Waals surface area contributed by atoms with Gasteiger partial charge in [0.15, 0.2) is 0 Å². The Kier molecular flexibility index (Phi) is 7.00. The van der Waals surface area contributed by atoms with E-state index in [9.17, 15) is 0 Å². The maximum Gasteiger partial charge on any atom is 0.381 e. The van der Waals surface area contributed by atoms with Gasteiger partial charge in [-0.2, -0.15) is 0 Å². The zero-order valence-electron chi connectivity index (χ0n) is 20.0. The van der Waals surface area contributed by atoms with Gasteiger partial charge in [0.25, 0.3) is 0 Å². The van der Waals surface area contributed by atoms with Crippen molar-refractivity contribution in [3.05, 3.63) is 119 Å². The van der Waals surface area contributed by atoms with Crippen molar-refractivity contribution in [2.75, 3.05) is 5.90 Å². The van der Waals surface area contributed by atoms with E-state index in [1.54, 1.807) is 0 Å². The van der Waals surface area contributed by atoms with Gasteiger partial charge in [-0.3, -0.25) is 0 Å². The van der Waals surface area contributed by atoms with Gasteiger partial charge in [0.1, 0.15) is 5.90 Å². The molecule has 0 spiro atoms. The Morgan fingerprint density at radius 2 is 0.758 bits per heavy atom. The second-order valence-electron chi connectivity index (χ2n) is 9.24. The number of hydrogen-bond donors (Lipinski definition) is 0. The fourth-order valence-corrected chi connectivity index (χ4v) is 13.9. The van der Waals surface area contributed by atoms with Crippen LogP contribution in [0.25, 0.3) is 0 Å². The van der Waals surface area contributed by atoms with Crippen molar-refractivity contribution in [2.24, 2.45) is 0 Å². The third kappa shape index (κ3) is 5.04. The summed E-state index contributed by atoms with van der Waals surface area (Å²) in [6, 6.07) is 34.7. The second kappa shape index (κ2) is 9.62. The highest BCUT2D eigenvalue weighted by Gasteiger charge is 2.51. The molecule has 0 bridgehead atoms. The molecule has 0 aliphatic heterocycles. The molecule has 0 amide bonds. The van der Waals surface area contributed by atoms with Gasteiger partial charge < -0.3 is 0 Å². The molecule has 33 heavy (non-hydrogen) atoms. The van der Waals surface area contributed by atoms with Gasteiger partial charge in [0, 0.05) is 0 Å². The molecule has 0 saturated heterocycles. The van der Waals surface area contributed by atoms with E-state index < -0.39 is 14.3 Å². The summed E-state index contributed by atoms with van der Waals surface area (Å²) in [5.41, 5.74) is 4.95. The average molecular weight is 462 g/mol. The van der Waals surface area contributed by atoms with Gasteiger partial charge in [-0.25, -0.2) is 0 Å². The molecule has 4 rings (SSSR count). The molecule has 2 atom stereocenters. The van der Waals surface area contributed by atoms with Gasteiger partial charge in [-0.1, -0.05) is 48.5 Å². The van der Waals surface area contributed by atoms with Crippen LogP contribution in [-0.4, -0.2) is 21.0 Å². The van der Waals surface area contributed by atoms with E-state index in [4.69, 9.17) is 15.1 Å². The first-order chi connectivity index (χ1) is 15.7. The zero-order chi connectivity index (χ0) is 23.6. The Hall–Kier alpha value is -2.13. The predicted octanol–water partition coefficient (Wildman–Crippen LogP) is 5.68. The molecule has 0 fully saturated rings.